The maximum absolute atomic E-state index is 14.3. The van der Waals surface area contributed by atoms with E-state index >= 15 is 0 Å². The summed E-state index contributed by atoms with van der Waals surface area (Å²) in [5.41, 5.74) is 3.88. The molecule has 1 N–H and O–H groups in total. The number of likely N-dealkylation sites (tertiary alicyclic amines) is 1. The number of piperidine rings is 1. The zero-order chi connectivity index (χ0) is 22.6. The number of carbonyl (C=O) groups excluding carboxylic acids is 1. The van der Waals surface area contributed by atoms with Crippen LogP contribution < -0.4 is 10.4 Å². The number of halogens is 1. The van der Waals surface area contributed by atoms with Gasteiger partial charge in [0.25, 0.3) is 0 Å². The van der Waals surface area contributed by atoms with E-state index < -0.39 is 15.7 Å². The molecule has 0 saturated carbocycles. The van der Waals surface area contributed by atoms with Gasteiger partial charge in [0, 0.05) is 50.7 Å². The predicted octanol–water partition coefficient (Wildman–Crippen LogP) is 2.25. The number of amides is 1. The Balaban J connectivity index is 1.46. The SMILES string of the molecule is CC(C)OC(=O)N1CCC(ONC2=CCN(c3ncc(S(C)(=O)=O)cc3F)CC2)CC1. The molecule has 2 aliphatic rings. The van der Waals surface area contributed by atoms with Crippen molar-refractivity contribution < 1.29 is 27.2 Å². The summed E-state index contributed by atoms with van der Waals surface area (Å²) in [7, 11) is -3.50. The largest absolute Gasteiger partial charge is 0.447 e. The minimum absolute atomic E-state index is 0.00956. The Labute approximate surface area is 182 Å². The number of carbonyl (C=O) groups is 1. The molecule has 11 heteroatoms. The standard InChI is InChI=1S/C20H29FN4O5S/c1-14(2)29-20(26)25-10-6-16(7-11-25)30-23-15-4-8-24(9-5-15)19-18(21)12-17(13-22-19)31(3,27)28/h4,12-14,16,23H,5-11H2,1-3H3. The van der Waals surface area contributed by atoms with Crippen molar-refractivity contribution in [2.75, 3.05) is 37.3 Å². The molecule has 0 unspecified atom stereocenters. The van der Waals surface area contributed by atoms with E-state index in [0.29, 0.717) is 45.4 Å². The molecule has 0 atom stereocenters. The van der Waals surface area contributed by atoms with Gasteiger partial charge in [0.1, 0.15) is 0 Å². The number of sulfone groups is 1. The van der Waals surface area contributed by atoms with Crippen molar-refractivity contribution in [3.8, 4) is 0 Å². The molecule has 0 aliphatic carbocycles. The van der Waals surface area contributed by atoms with Crippen LogP contribution in [0, 0.1) is 5.82 Å². The number of hydrogen-bond acceptors (Lipinski definition) is 8. The van der Waals surface area contributed by atoms with Gasteiger partial charge in [-0.25, -0.2) is 22.6 Å². The second-order valence-electron chi connectivity index (χ2n) is 8.01. The molecule has 2 aliphatic heterocycles. The van der Waals surface area contributed by atoms with Crippen LogP contribution in [0.25, 0.3) is 0 Å². The third kappa shape index (κ3) is 6.30. The highest BCUT2D eigenvalue weighted by Gasteiger charge is 2.26. The first kappa shape index (κ1) is 23.3. The maximum atomic E-state index is 14.3. The number of anilines is 1. The monoisotopic (exact) mass is 456 g/mol. The summed E-state index contributed by atoms with van der Waals surface area (Å²) >= 11 is 0. The van der Waals surface area contributed by atoms with Gasteiger partial charge < -0.3 is 14.5 Å². The summed E-state index contributed by atoms with van der Waals surface area (Å²) in [6.45, 7) is 5.76. The van der Waals surface area contributed by atoms with Crippen molar-refractivity contribution in [3.63, 3.8) is 0 Å². The summed E-state index contributed by atoms with van der Waals surface area (Å²) in [6.07, 6.45) is 5.68. The molecular formula is C20H29FN4O5S. The molecule has 1 aromatic heterocycles. The number of ether oxygens (including phenoxy) is 1. The van der Waals surface area contributed by atoms with E-state index in [0.717, 1.165) is 18.0 Å². The van der Waals surface area contributed by atoms with Crippen molar-refractivity contribution in [1.29, 1.82) is 0 Å². The molecule has 1 saturated heterocycles. The van der Waals surface area contributed by atoms with Crippen molar-refractivity contribution >= 4 is 21.7 Å². The van der Waals surface area contributed by atoms with Gasteiger partial charge in [-0.2, -0.15) is 0 Å². The lowest BCUT2D eigenvalue weighted by Gasteiger charge is -2.32. The van der Waals surface area contributed by atoms with Gasteiger partial charge in [0.2, 0.25) is 0 Å². The van der Waals surface area contributed by atoms with E-state index in [-0.39, 0.29) is 29.0 Å². The number of nitrogens with zero attached hydrogens (tertiary/aromatic N) is 3. The third-order valence-corrected chi connectivity index (χ3v) is 6.21. The summed E-state index contributed by atoms with van der Waals surface area (Å²) in [4.78, 5) is 25.0. The molecular weight excluding hydrogens is 427 g/mol. The molecule has 3 rings (SSSR count). The minimum Gasteiger partial charge on any atom is -0.447 e. The molecule has 172 valence electrons. The van der Waals surface area contributed by atoms with Crippen LogP contribution in [0.2, 0.25) is 0 Å². The lowest BCUT2D eigenvalue weighted by Crippen LogP contribution is -2.43. The third-order valence-electron chi connectivity index (χ3n) is 5.13. The van der Waals surface area contributed by atoms with Gasteiger partial charge in [-0.1, -0.05) is 0 Å². The van der Waals surface area contributed by atoms with Crippen molar-refractivity contribution in [3.05, 3.63) is 29.9 Å². The average Bonchev–Trinajstić information content (AvgIpc) is 2.72. The maximum Gasteiger partial charge on any atom is 0.410 e. The van der Waals surface area contributed by atoms with Gasteiger partial charge in [-0.3, -0.25) is 10.3 Å². The number of hydrogen-bond donors (Lipinski definition) is 1. The molecule has 1 fully saturated rings. The summed E-state index contributed by atoms with van der Waals surface area (Å²) < 4.78 is 42.6. The molecule has 1 aromatic rings. The van der Waals surface area contributed by atoms with E-state index in [4.69, 9.17) is 9.57 Å². The topological polar surface area (TPSA) is 101 Å². The van der Waals surface area contributed by atoms with Crippen molar-refractivity contribution in [2.24, 2.45) is 0 Å². The highest BCUT2D eigenvalue weighted by molar-refractivity contribution is 7.90. The normalized spacial score (nSPS) is 18.2. The zero-order valence-electron chi connectivity index (χ0n) is 18.0. The predicted molar refractivity (Wildman–Crippen MR) is 113 cm³/mol. The van der Waals surface area contributed by atoms with E-state index in [1.165, 1.54) is 6.20 Å². The lowest BCUT2D eigenvalue weighted by atomic mass is 10.1. The summed E-state index contributed by atoms with van der Waals surface area (Å²) in [5.74, 6) is -0.531. The zero-order valence-corrected chi connectivity index (χ0v) is 18.8. The highest BCUT2D eigenvalue weighted by Crippen LogP contribution is 2.23. The van der Waals surface area contributed by atoms with Gasteiger partial charge in [-0.15, -0.1) is 0 Å². The molecule has 0 bridgehead atoms. The fourth-order valence-corrected chi connectivity index (χ4v) is 3.96. The Morgan fingerprint density at radius 3 is 2.55 bits per heavy atom. The van der Waals surface area contributed by atoms with Crippen LogP contribution in [-0.4, -0.2) is 69.0 Å². The number of aromatic nitrogens is 1. The van der Waals surface area contributed by atoms with Crippen molar-refractivity contribution in [2.45, 2.75) is 50.2 Å². The first-order valence-corrected chi connectivity index (χ1v) is 12.2. The first-order chi connectivity index (χ1) is 14.6. The van der Waals surface area contributed by atoms with E-state index in [2.05, 4.69) is 10.5 Å². The van der Waals surface area contributed by atoms with Gasteiger partial charge in [0.15, 0.2) is 21.5 Å². The summed E-state index contributed by atoms with van der Waals surface area (Å²) in [6, 6.07) is 1.00. The lowest BCUT2D eigenvalue weighted by molar-refractivity contribution is -0.0416. The van der Waals surface area contributed by atoms with Crippen LogP contribution in [0.15, 0.2) is 28.9 Å². The quantitative estimate of drug-likeness (QED) is 0.651. The van der Waals surface area contributed by atoms with Crippen LogP contribution in [0.1, 0.15) is 33.1 Å². The van der Waals surface area contributed by atoms with Crippen LogP contribution in [-0.2, 0) is 19.4 Å². The minimum atomic E-state index is -3.50. The van der Waals surface area contributed by atoms with Crippen LogP contribution in [0.5, 0.6) is 0 Å². The number of pyridine rings is 1. The first-order valence-electron chi connectivity index (χ1n) is 10.3. The molecule has 31 heavy (non-hydrogen) atoms. The van der Waals surface area contributed by atoms with E-state index in [1.807, 2.05) is 19.9 Å². The molecule has 0 radical (unpaired) electrons. The fourth-order valence-electron chi connectivity index (χ4n) is 3.39. The number of hydroxylamine groups is 1. The Kier molecular flexibility index (Phi) is 7.37. The Hall–Kier alpha value is -2.40. The Bertz CT molecular complexity index is 929. The van der Waals surface area contributed by atoms with Crippen LogP contribution in [0.4, 0.5) is 15.0 Å². The van der Waals surface area contributed by atoms with Gasteiger partial charge in [-0.05, 0) is 38.8 Å². The fraction of sp³-hybridized carbons (Fsp3) is 0.600. The summed E-state index contributed by atoms with van der Waals surface area (Å²) in [5, 5.41) is 0. The Morgan fingerprint density at radius 1 is 1.29 bits per heavy atom. The molecule has 1 amide bonds. The molecule has 0 spiro atoms. The second kappa shape index (κ2) is 9.82. The second-order valence-corrected chi connectivity index (χ2v) is 10.0. The van der Waals surface area contributed by atoms with Crippen LogP contribution >= 0.6 is 0 Å². The smallest absolute Gasteiger partial charge is 0.410 e. The van der Waals surface area contributed by atoms with Crippen LogP contribution in [0.3, 0.4) is 0 Å². The van der Waals surface area contributed by atoms with Gasteiger partial charge >= 0.3 is 6.09 Å². The van der Waals surface area contributed by atoms with E-state index in [1.54, 1.807) is 9.80 Å². The molecule has 3 heterocycles. The Morgan fingerprint density at radius 2 is 2.00 bits per heavy atom. The number of nitrogens with one attached hydrogen (secondary N) is 1. The molecule has 9 nitrogen and oxygen atoms in total. The van der Waals surface area contributed by atoms with Crippen molar-refractivity contribution in [1.82, 2.24) is 15.4 Å². The number of rotatable bonds is 6. The van der Waals surface area contributed by atoms with Gasteiger partial charge in [0.05, 0.1) is 17.1 Å². The molecule has 0 aromatic carbocycles. The highest BCUT2D eigenvalue weighted by atomic mass is 32.2. The van der Waals surface area contributed by atoms with E-state index in [9.17, 15) is 17.6 Å². The average molecular weight is 457 g/mol.